The molecule has 0 heterocycles. The van der Waals surface area contributed by atoms with Crippen molar-refractivity contribution in [1.29, 1.82) is 5.26 Å². The average molecular weight is 238 g/mol. The molecule has 0 amide bonds. The quantitative estimate of drug-likeness (QED) is 0.740. The molecular formula is C14H26N2O. The van der Waals surface area contributed by atoms with E-state index in [0.717, 1.165) is 25.8 Å². The van der Waals surface area contributed by atoms with Crippen LogP contribution in [0.4, 0.5) is 0 Å². The Hall–Kier alpha value is -0.590. The molecule has 0 atom stereocenters. The van der Waals surface area contributed by atoms with Crippen molar-refractivity contribution in [1.82, 2.24) is 5.32 Å². The van der Waals surface area contributed by atoms with Gasteiger partial charge in [0.25, 0.3) is 0 Å². The lowest BCUT2D eigenvalue weighted by atomic mass is 9.59. The smallest absolute Gasteiger partial charge is 0.107 e. The molecule has 3 heteroatoms. The lowest BCUT2D eigenvalue weighted by Crippen LogP contribution is -2.54. The second-order valence-corrected chi connectivity index (χ2v) is 7.06. The summed E-state index contributed by atoms with van der Waals surface area (Å²) in [5, 5.41) is 21.7. The first-order chi connectivity index (χ1) is 7.74. The molecule has 2 N–H and O–H groups in total. The van der Waals surface area contributed by atoms with Crippen LogP contribution in [0.2, 0.25) is 0 Å². The van der Waals surface area contributed by atoms with Gasteiger partial charge in [-0.1, -0.05) is 27.7 Å². The van der Waals surface area contributed by atoms with Crippen molar-refractivity contribution in [3.63, 3.8) is 0 Å². The van der Waals surface area contributed by atoms with Crippen LogP contribution in [0.25, 0.3) is 0 Å². The van der Waals surface area contributed by atoms with E-state index in [4.69, 9.17) is 5.11 Å². The Morgan fingerprint density at radius 1 is 1.12 bits per heavy atom. The Morgan fingerprint density at radius 2 is 1.65 bits per heavy atom. The molecule has 0 radical (unpaired) electrons. The van der Waals surface area contributed by atoms with Gasteiger partial charge in [0.05, 0.1) is 6.07 Å². The zero-order valence-electron chi connectivity index (χ0n) is 11.6. The second-order valence-electron chi connectivity index (χ2n) is 7.06. The van der Waals surface area contributed by atoms with Crippen LogP contribution in [0.3, 0.4) is 0 Å². The Labute approximate surface area is 105 Å². The van der Waals surface area contributed by atoms with Crippen LogP contribution >= 0.6 is 0 Å². The molecule has 3 nitrogen and oxygen atoms in total. The van der Waals surface area contributed by atoms with Crippen LogP contribution in [0.1, 0.15) is 53.4 Å². The minimum absolute atomic E-state index is 0.182. The number of nitrogens with one attached hydrogen (secondary N) is 1. The second kappa shape index (κ2) is 4.96. The van der Waals surface area contributed by atoms with Gasteiger partial charge in [-0.3, -0.25) is 5.32 Å². The fourth-order valence-corrected chi connectivity index (χ4v) is 3.77. The van der Waals surface area contributed by atoms with Crippen LogP contribution in [0.15, 0.2) is 0 Å². The van der Waals surface area contributed by atoms with Gasteiger partial charge in [0.1, 0.15) is 5.54 Å². The molecule has 0 aliphatic heterocycles. The third kappa shape index (κ3) is 3.97. The van der Waals surface area contributed by atoms with Crippen molar-refractivity contribution in [2.24, 2.45) is 10.8 Å². The maximum absolute atomic E-state index is 9.53. The van der Waals surface area contributed by atoms with E-state index in [1.165, 1.54) is 0 Å². The topological polar surface area (TPSA) is 56.0 Å². The van der Waals surface area contributed by atoms with Crippen molar-refractivity contribution in [3.8, 4) is 6.07 Å². The Kier molecular flexibility index (Phi) is 4.22. The van der Waals surface area contributed by atoms with Crippen molar-refractivity contribution >= 4 is 0 Å². The van der Waals surface area contributed by atoms with Gasteiger partial charge in [0.2, 0.25) is 0 Å². The van der Waals surface area contributed by atoms with Gasteiger partial charge in [-0.05, 0) is 43.1 Å². The fourth-order valence-electron chi connectivity index (χ4n) is 3.77. The van der Waals surface area contributed by atoms with Crippen molar-refractivity contribution < 1.29 is 5.11 Å². The number of hydrogen-bond acceptors (Lipinski definition) is 3. The van der Waals surface area contributed by atoms with E-state index in [-0.39, 0.29) is 17.4 Å². The monoisotopic (exact) mass is 238 g/mol. The van der Waals surface area contributed by atoms with Crippen LogP contribution < -0.4 is 5.32 Å². The van der Waals surface area contributed by atoms with Crippen LogP contribution in [-0.2, 0) is 0 Å². The molecule has 0 spiro atoms. The van der Waals surface area contributed by atoms with Crippen LogP contribution in [0.5, 0.6) is 0 Å². The average Bonchev–Trinajstić information content (AvgIpc) is 2.13. The minimum atomic E-state index is -0.416. The molecular weight excluding hydrogens is 212 g/mol. The number of aliphatic hydroxyl groups is 1. The molecule has 0 aromatic rings. The summed E-state index contributed by atoms with van der Waals surface area (Å²) < 4.78 is 0. The fraction of sp³-hybridized carbons (Fsp3) is 0.929. The largest absolute Gasteiger partial charge is 0.396 e. The van der Waals surface area contributed by atoms with E-state index < -0.39 is 5.54 Å². The highest BCUT2D eigenvalue weighted by Gasteiger charge is 2.47. The van der Waals surface area contributed by atoms with Gasteiger partial charge in [-0.2, -0.15) is 5.26 Å². The highest BCUT2D eigenvalue weighted by molar-refractivity contribution is 5.14. The maximum Gasteiger partial charge on any atom is 0.107 e. The first kappa shape index (κ1) is 14.5. The van der Waals surface area contributed by atoms with Crippen molar-refractivity contribution in [3.05, 3.63) is 0 Å². The first-order valence-corrected chi connectivity index (χ1v) is 6.51. The van der Waals surface area contributed by atoms with E-state index in [9.17, 15) is 5.26 Å². The number of aliphatic hydroxyl groups excluding tert-OH is 1. The zero-order chi connectivity index (χ0) is 13.2. The van der Waals surface area contributed by atoms with E-state index >= 15 is 0 Å². The number of hydrogen-bond donors (Lipinski definition) is 2. The van der Waals surface area contributed by atoms with Gasteiger partial charge < -0.3 is 5.11 Å². The zero-order valence-corrected chi connectivity index (χ0v) is 11.6. The van der Waals surface area contributed by atoms with E-state index in [2.05, 4.69) is 39.1 Å². The van der Waals surface area contributed by atoms with E-state index in [0.29, 0.717) is 6.42 Å². The molecule has 0 bridgehead atoms. The third-order valence-corrected chi connectivity index (χ3v) is 3.53. The van der Waals surface area contributed by atoms with E-state index in [1.54, 1.807) is 0 Å². The van der Waals surface area contributed by atoms with Gasteiger partial charge in [0, 0.05) is 6.61 Å². The normalized spacial score (nSPS) is 25.2. The number of nitriles is 1. The molecule has 0 saturated heterocycles. The molecule has 0 unspecified atom stereocenters. The highest BCUT2D eigenvalue weighted by Crippen LogP contribution is 2.49. The Balaban J connectivity index is 2.80. The molecule has 1 aliphatic rings. The summed E-state index contributed by atoms with van der Waals surface area (Å²) >= 11 is 0. The highest BCUT2D eigenvalue weighted by atomic mass is 16.3. The number of nitrogens with zero attached hydrogens (tertiary/aromatic N) is 1. The molecule has 1 fully saturated rings. The predicted molar refractivity (Wildman–Crippen MR) is 69.5 cm³/mol. The van der Waals surface area contributed by atoms with Crippen LogP contribution in [0, 0.1) is 22.2 Å². The molecule has 0 aromatic heterocycles. The van der Waals surface area contributed by atoms with Crippen LogP contribution in [-0.4, -0.2) is 23.8 Å². The molecule has 17 heavy (non-hydrogen) atoms. The summed E-state index contributed by atoms with van der Waals surface area (Å²) in [7, 11) is 0. The summed E-state index contributed by atoms with van der Waals surface area (Å²) in [5.74, 6) is 0. The summed E-state index contributed by atoms with van der Waals surface area (Å²) in [6.07, 6.45) is 3.66. The third-order valence-electron chi connectivity index (χ3n) is 3.53. The number of rotatable bonds is 4. The lowest BCUT2D eigenvalue weighted by molar-refractivity contribution is 0.0547. The van der Waals surface area contributed by atoms with Gasteiger partial charge in [0.15, 0.2) is 0 Å². The first-order valence-electron chi connectivity index (χ1n) is 6.51. The summed E-state index contributed by atoms with van der Waals surface area (Å²) in [5.41, 5.74) is -0.0200. The molecule has 1 saturated carbocycles. The summed E-state index contributed by atoms with van der Waals surface area (Å²) in [6, 6.07) is 2.49. The standard InChI is InChI=1S/C14H26N2O/c1-12(2)8-13(3,4)10-14(9-12,11-15)16-6-5-7-17/h16-17H,5-10H2,1-4H3. The summed E-state index contributed by atoms with van der Waals surface area (Å²) in [6.45, 7) is 9.88. The molecule has 98 valence electrons. The lowest BCUT2D eigenvalue weighted by Gasteiger charge is -2.49. The molecule has 1 rings (SSSR count). The Morgan fingerprint density at radius 3 is 2.06 bits per heavy atom. The molecule has 0 aromatic carbocycles. The van der Waals surface area contributed by atoms with Crippen molar-refractivity contribution in [2.75, 3.05) is 13.2 Å². The minimum Gasteiger partial charge on any atom is -0.396 e. The molecule has 1 aliphatic carbocycles. The maximum atomic E-state index is 9.53. The van der Waals surface area contributed by atoms with E-state index in [1.807, 2.05) is 0 Å². The summed E-state index contributed by atoms with van der Waals surface area (Å²) in [4.78, 5) is 0. The van der Waals surface area contributed by atoms with Gasteiger partial charge in [-0.25, -0.2) is 0 Å². The SMILES string of the molecule is CC1(C)CC(C)(C)CC(C#N)(NCCCO)C1. The van der Waals surface area contributed by atoms with Gasteiger partial charge >= 0.3 is 0 Å². The van der Waals surface area contributed by atoms with Crippen molar-refractivity contribution in [2.45, 2.75) is 58.9 Å². The predicted octanol–water partition coefficient (Wildman–Crippen LogP) is 2.46. The van der Waals surface area contributed by atoms with Gasteiger partial charge in [-0.15, -0.1) is 0 Å². The Bertz CT molecular complexity index is 286.